The Morgan fingerprint density at radius 1 is 1.00 bits per heavy atom. The first-order chi connectivity index (χ1) is 9.74. The van der Waals surface area contributed by atoms with Gasteiger partial charge in [0.25, 0.3) is 10.0 Å². The Morgan fingerprint density at radius 2 is 1.57 bits per heavy atom. The Labute approximate surface area is 126 Å². The van der Waals surface area contributed by atoms with E-state index in [1.807, 2.05) is 4.72 Å². The van der Waals surface area contributed by atoms with Gasteiger partial charge in [-0.05, 0) is 12.1 Å². The quantitative estimate of drug-likeness (QED) is 0.676. The minimum Gasteiger partial charge on any atom is -0.273 e. The summed E-state index contributed by atoms with van der Waals surface area (Å²) in [4.78, 5) is 5.86. The normalized spacial score (nSPS) is 11.5. The number of hydrogen-bond donors (Lipinski definition) is 1. The summed E-state index contributed by atoms with van der Waals surface area (Å²) in [5, 5.41) is -0.692. The van der Waals surface area contributed by atoms with Gasteiger partial charge in [-0.15, -0.1) is 0 Å². The van der Waals surface area contributed by atoms with Crippen molar-refractivity contribution in [3.05, 3.63) is 46.2 Å². The molecule has 0 saturated carbocycles. The number of benzene rings is 1. The van der Waals surface area contributed by atoms with Crippen LogP contribution in [0.2, 0.25) is 10.3 Å². The van der Waals surface area contributed by atoms with Crippen LogP contribution >= 0.6 is 23.2 Å². The fraction of sp³-hybridized carbons (Fsp3) is 0. The molecule has 0 aliphatic heterocycles. The molecule has 0 bridgehead atoms. The molecule has 0 aliphatic carbocycles. The van der Waals surface area contributed by atoms with Crippen molar-refractivity contribution in [3.63, 3.8) is 0 Å². The number of aromatic nitrogens is 2. The van der Waals surface area contributed by atoms with Gasteiger partial charge < -0.3 is 0 Å². The van der Waals surface area contributed by atoms with Gasteiger partial charge in [0.1, 0.15) is 16.9 Å². The molecule has 0 fully saturated rings. The molecule has 11 heteroatoms. The summed E-state index contributed by atoms with van der Waals surface area (Å²) >= 11 is 11.3. The number of hydrogen-bond acceptors (Lipinski definition) is 4. The van der Waals surface area contributed by atoms with Gasteiger partial charge in [0.15, 0.2) is 27.8 Å². The van der Waals surface area contributed by atoms with Crippen molar-refractivity contribution in [1.82, 2.24) is 9.97 Å². The van der Waals surface area contributed by atoms with Crippen molar-refractivity contribution in [2.45, 2.75) is 4.90 Å². The highest BCUT2D eigenvalue weighted by molar-refractivity contribution is 7.92. The third kappa shape index (κ3) is 3.04. The molecule has 0 unspecified atom stereocenters. The van der Waals surface area contributed by atoms with E-state index in [-0.39, 0.29) is 10.3 Å². The molecule has 1 heterocycles. The predicted molar refractivity (Wildman–Crippen MR) is 69.2 cm³/mol. The predicted octanol–water partition coefficient (Wildman–Crippen LogP) is 3.00. The van der Waals surface area contributed by atoms with Gasteiger partial charge in [0.05, 0.1) is 0 Å². The zero-order chi connectivity index (χ0) is 15.8. The van der Waals surface area contributed by atoms with Crippen LogP contribution in [0.3, 0.4) is 0 Å². The van der Waals surface area contributed by atoms with Gasteiger partial charge in [-0.3, -0.25) is 4.72 Å². The number of sulfonamides is 1. The van der Waals surface area contributed by atoms with Crippen molar-refractivity contribution in [2.75, 3.05) is 4.72 Å². The lowest BCUT2D eigenvalue weighted by molar-refractivity contribution is 0.432. The van der Waals surface area contributed by atoms with Crippen molar-refractivity contribution < 1.29 is 21.6 Å². The van der Waals surface area contributed by atoms with Crippen LogP contribution in [0.4, 0.5) is 18.9 Å². The van der Waals surface area contributed by atoms with Crippen molar-refractivity contribution in [2.24, 2.45) is 0 Å². The molecule has 2 rings (SSSR count). The fourth-order valence-electron chi connectivity index (χ4n) is 1.33. The van der Waals surface area contributed by atoms with Gasteiger partial charge in [0, 0.05) is 0 Å². The molecule has 0 atom stereocenters. The average Bonchev–Trinajstić information content (AvgIpc) is 2.40. The van der Waals surface area contributed by atoms with Crippen molar-refractivity contribution in [3.8, 4) is 0 Å². The first kappa shape index (κ1) is 15.8. The number of nitrogens with zero attached hydrogens (tertiary/aromatic N) is 2. The molecule has 0 spiro atoms. The highest BCUT2D eigenvalue weighted by Gasteiger charge is 2.26. The Bertz CT molecular complexity index is 797. The lowest BCUT2D eigenvalue weighted by atomic mass is 10.3. The van der Waals surface area contributed by atoms with E-state index < -0.39 is 38.1 Å². The van der Waals surface area contributed by atoms with Crippen LogP contribution in [-0.2, 0) is 10.0 Å². The smallest absolute Gasteiger partial charge is 0.265 e. The molecule has 21 heavy (non-hydrogen) atoms. The van der Waals surface area contributed by atoms with Crippen LogP contribution in [0.15, 0.2) is 23.4 Å². The summed E-state index contributed by atoms with van der Waals surface area (Å²) in [5.41, 5.74) is -0.412. The van der Waals surface area contributed by atoms with Crippen LogP contribution in [0.25, 0.3) is 0 Å². The second kappa shape index (κ2) is 5.66. The molecular weight excluding hydrogens is 354 g/mol. The van der Waals surface area contributed by atoms with Crippen LogP contribution in [-0.4, -0.2) is 18.4 Å². The third-order valence-electron chi connectivity index (χ3n) is 2.28. The molecule has 5 nitrogen and oxygen atoms in total. The SMILES string of the molecule is O=S(=O)(Nc1c(Cl)ncnc1Cl)c1ccc(F)c(F)c1F. The molecule has 0 amide bonds. The molecule has 1 aromatic heterocycles. The Balaban J connectivity index is 2.52. The van der Waals surface area contributed by atoms with Gasteiger partial charge in [-0.25, -0.2) is 31.6 Å². The highest BCUT2D eigenvalue weighted by atomic mass is 35.5. The maximum Gasteiger partial charge on any atom is 0.265 e. The Hall–Kier alpha value is -1.58. The van der Waals surface area contributed by atoms with E-state index in [9.17, 15) is 21.6 Å². The minimum atomic E-state index is -4.61. The monoisotopic (exact) mass is 357 g/mol. The molecule has 0 saturated heterocycles. The minimum absolute atomic E-state index is 0.346. The lowest BCUT2D eigenvalue weighted by Gasteiger charge is -2.10. The molecular formula is C10H4Cl2F3N3O2S. The largest absolute Gasteiger partial charge is 0.273 e. The van der Waals surface area contributed by atoms with Crippen LogP contribution in [0.5, 0.6) is 0 Å². The van der Waals surface area contributed by atoms with E-state index in [1.165, 1.54) is 0 Å². The maximum absolute atomic E-state index is 13.5. The van der Waals surface area contributed by atoms with Crippen molar-refractivity contribution in [1.29, 1.82) is 0 Å². The van der Waals surface area contributed by atoms with E-state index in [1.54, 1.807) is 0 Å². The zero-order valence-corrected chi connectivity index (χ0v) is 12.1. The summed E-state index contributed by atoms with van der Waals surface area (Å²) in [6, 6.07) is 1.03. The summed E-state index contributed by atoms with van der Waals surface area (Å²) in [6.45, 7) is 0. The van der Waals surface area contributed by atoms with Crippen LogP contribution in [0, 0.1) is 17.5 Å². The molecule has 2 aromatic rings. The summed E-state index contributed by atoms with van der Waals surface area (Å²) in [7, 11) is -4.61. The van der Waals surface area contributed by atoms with Crippen LogP contribution in [0.1, 0.15) is 0 Å². The Morgan fingerprint density at radius 3 is 2.14 bits per heavy atom. The Kier molecular flexibility index (Phi) is 4.26. The highest BCUT2D eigenvalue weighted by Crippen LogP contribution is 2.29. The first-order valence-electron chi connectivity index (χ1n) is 5.06. The van der Waals surface area contributed by atoms with Crippen molar-refractivity contribution >= 4 is 38.9 Å². The zero-order valence-electron chi connectivity index (χ0n) is 9.74. The molecule has 0 radical (unpaired) electrons. The van der Waals surface area contributed by atoms with E-state index in [0.717, 1.165) is 6.33 Å². The number of halogens is 5. The molecule has 1 N–H and O–H groups in total. The second-order valence-electron chi connectivity index (χ2n) is 3.61. The maximum atomic E-state index is 13.5. The first-order valence-corrected chi connectivity index (χ1v) is 7.30. The van der Waals surface area contributed by atoms with Gasteiger partial charge >= 0.3 is 0 Å². The lowest BCUT2D eigenvalue weighted by Crippen LogP contribution is -2.17. The topological polar surface area (TPSA) is 72.0 Å². The van der Waals surface area contributed by atoms with E-state index >= 15 is 0 Å². The standard InChI is InChI=1S/C10H4Cl2F3N3O2S/c11-9-8(10(12)17-3-16-9)18-21(19,20)5-2-1-4(13)6(14)7(5)15/h1-3,18H. The number of nitrogens with one attached hydrogen (secondary N) is 1. The summed E-state index contributed by atoms with van der Waals surface area (Å²) < 4.78 is 65.2. The summed E-state index contributed by atoms with van der Waals surface area (Å²) in [6.07, 6.45) is 0.973. The van der Waals surface area contributed by atoms with E-state index in [4.69, 9.17) is 23.2 Å². The number of anilines is 1. The van der Waals surface area contributed by atoms with E-state index in [2.05, 4.69) is 9.97 Å². The molecule has 0 aliphatic rings. The fourth-order valence-corrected chi connectivity index (χ4v) is 3.00. The van der Waals surface area contributed by atoms with E-state index in [0.29, 0.717) is 12.1 Å². The van der Waals surface area contributed by atoms with Crippen LogP contribution < -0.4 is 4.72 Å². The van der Waals surface area contributed by atoms with Gasteiger partial charge in [-0.1, -0.05) is 23.2 Å². The van der Waals surface area contributed by atoms with Gasteiger partial charge in [-0.2, -0.15) is 0 Å². The third-order valence-corrected chi connectivity index (χ3v) is 4.22. The van der Waals surface area contributed by atoms with Gasteiger partial charge in [0.2, 0.25) is 0 Å². The number of rotatable bonds is 3. The average molecular weight is 358 g/mol. The second-order valence-corrected chi connectivity index (χ2v) is 5.98. The summed E-state index contributed by atoms with van der Waals surface area (Å²) in [5.74, 6) is -5.31. The molecule has 112 valence electrons. The molecule has 1 aromatic carbocycles.